The lowest BCUT2D eigenvalue weighted by Crippen LogP contribution is -2.00. The van der Waals surface area contributed by atoms with Crippen molar-refractivity contribution < 1.29 is 9.84 Å². The molecule has 0 fully saturated rings. The van der Waals surface area contributed by atoms with Gasteiger partial charge in [-0.1, -0.05) is 0 Å². The molecule has 1 aromatic heterocycles. The topological polar surface area (TPSA) is 42.4 Å². The van der Waals surface area contributed by atoms with E-state index in [-0.39, 0.29) is 0 Å². The fourth-order valence-corrected chi connectivity index (χ4v) is 1.15. The van der Waals surface area contributed by atoms with Crippen molar-refractivity contribution in [2.75, 3.05) is 7.11 Å². The van der Waals surface area contributed by atoms with E-state index in [2.05, 4.69) is 16.8 Å². The van der Waals surface area contributed by atoms with Crippen LogP contribution in [0.5, 0.6) is 5.75 Å². The number of aromatic nitrogens is 1. The lowest BCUT2D eigenvalue weighted by atomic mass is 10.1. The van der Waals surface area contributed by atoms with Crippen molar-refractivity contribution in [3.63, 3.8) is 0 Å². The molecule has 1 atom stereocenters. The molecule has 1 heterocycles. The second kappa shape index (κ2) is 5.25. The maximum atomic E-state index is 9.75. The summed E-state index contributed by atoms with van der Waals surface area (Å²) in [4.78, 5) is 3.91. The summed E-state index contributed by atoms with van der Waals surface area (Å²) in [5.41, 5.74) is 0.727. The highest BCUT2D eigenvalue weighted by Crippen LogP contribution is 2.25. The molecular weight excluding hydrogens is 178 g/mol. The maximum absolute atomic E-state index is 9.75. The van der Waals surface area contributed by atoms with Crippen LogP contribution in [0.25, 0.3) is 0 Å². The standard InChI is InChI=1S/C11H13NO2/c1-3-4-5-10(13)9-6-7-12-8-11(9)14-2/h6-8,10,13H,5H2,1-2H3. The van der Waals surface area contributed by atoms with Gasteiger partial charge in [0.25, 0.3) is 0 Å². The van der Waals surface area contributed by atoms with Gasteiger partial charge in [-0.25, -0.2) is 0 Å². The van der Waals surface area contributed by atoms with Crippen molar-refractivity contribution in [1.82, 2.24) is 4.98 Å². The van der Waals surface area contributed by atoms with E-state index >= 15 is 0 Å². The molecule has 0 bridgehead atoms. The van der Waals surface area contributed by atoms with Crippen LogP contribution in [0.4, 0.5) is 0 Å². The quantitative estimate of drug-likeness (QED) is 0.737. The van der Waals surface area contributed by atoms with E-state index in [1.165, 1.54) is 0 Å². The predicted molar refractivity (Wildman–Crippen MR) is 53.8 cm³/mol. The number of hydrogen-bond acceptors (Lipinski definition) is 3. The van der Waals surface area contributed by atoms with Gasteiger partial charge in [0.1, 0.15) is 5.75 Å². The van der Waals surface area contributed by atoms with Crippen molar-refractivity contribution >= 4 is 0 Å². The zero-order valence-electron chi connectivity index (χ0n) is 8.32. The number of pyridine rings is 1. The third kappa shape index (κ3) is 2.48. The van der Waals surface area contributed by atoms with Crippen LogP contribution >= 0.6 is 0 Å². The summed E-state index contributed by atoms with van der Waals surface area (Å²) in [6, 6.07) is 1.74. The number of ether oxygens (including phenoxy) is 1. The van der Waals surface area contributed by atoms with Crippen LogP contribution in [-0.2, 0) is 0 Å². The SMILES string of the molecule is CC#CCC(O)c1ccncc1OC. The Morgan fingerprint density at radius 3 is 3.07 bits per heavy atom. The largest absolute Gasteiger partial charge is 0.495 e. The highest BCUT2D eigenvalue weighted by atomic mass is 16.5. The molecule has 3 heteroatoms. The number of aliphatic hydroxyl groups is 1. The minimum absolute atomic E-state index is 0.414. The van der Waals surface area contributed by atoms with Crippen LogP contribution in [-0.4, -0.2) is 17.2 Å². The van der Waals surface area contributed by atoms with Crippen LogP contribution in [0, 0.1) is 11.8 Å². The molecule has 1 rings (SSSR count). The number of rotatable bonds is 3. The van der Waals surface area contributed by atoms with E-state index < -0.39 is 6.10 Å². The average Bonchev–Trinajstić information content (AvgIpc) is 2.25. The first kappa shape index (κ1) is 10.6. The van der Waals surface area contributed by atoms with Gasteiger partial charge in [-0.2, -0.15) is 0 Å². The molecule has 74 valence electrons. The van der Waals surface area contributed by atoms with Crippen molar-refractivity contribution in [2.45, 2.75) is 19.4 Å². The van der Waals surface area contributed by atoms with Crippen LogP contribution in [0.15, 0.2) is 18.5 Å². The fourth-order valence-electron chi connectivity index (χ4n) is 1.15. The average molecular weight is 191 g/mol. The summed E-state index contributed by atoms with van der Waals surface area (Å²) in [7, 11) is 1.55. The van der Waals surface area contributed by atoms with Crippen molar-refractivity contribution in [2.24, 2.45) is 0 Å². The second-order valence-corrected chi connectivity index (χ2v) is 2.76. The lowest BCUT2D eigenvalue weighted by Gasteiger charge is -2.11. The Labute approximate surface area is 83.7 Å². The van der Waals surface area contributed by atoms with Gasteiger partial charge in [-0.15, -0.1) is 11.8 Å². The number of hydrogen-bond donors (Lipinski definition) is 1. The van der Waals surface area contributed by atoms with Crippen LogP contribution < -0.4 is 4.74 Å². The Balaban J connectivity index is 2.85. The monoisotopic (exact) mass is 191 g/mol. The Kier molecular flexibility index (Phi) is 3.96. The fraction of sp³-hybridized carbons (Fsp3) is 0.364. The molecule has 1 N–H and O–H groups in total. The third-order valence-electron chi connectivity index (χ3n) is 1.87. The Hall–Kier alpha value is -1.53. The summed E-state index contributed by atoms with van der Waals surface area (Å²) < 4.78 is 5.08. The van der Waals surface area contributed by atoms with Crippen molar-refractivity contribution in [3.8, 4) is 17.6 Å². The molecule has 0 radical (unpaired) electrons. The van der Waals surface area contributed by atoms with Gasteiger partial charge in [0, 0.05) is 18.2 Å². The molecule has 14 heavy (non-hydrogen) atoms. The van der Waals surface area contributed by atoms with E-state index in [9.17, 15) is 5.11 Å². The summed E-state index contributed by atoms with van der Waals surface area (Å²) >= 11 is 0. The van der Waals surface area contributed by atoms with E-state index in [0.717, 1.165) is 5.56 Å². The minimum atomic E-state index is -0.611. The van der Waals surface area contributed by atoms with E-state index in [1.807, 2.05) is 0 Å². The smallest absolute Gasteiger partial charge is 0.142 e. The first-order chi connectivity index (χ1) is 6.79. The molecule has 1 unspecified atom stereocenters. The molecule has 3 nitrogen and oxygen atoms in total. The van der Waals surface area contributed by atoms with Gasteiger partial charge < -0.3 is 9.84 Å². The molecule has 0 saturated carbocycles. The highest BCUT2D eigenvalue weighted by molar-refractivity contribution is 5.32. The normalized spacial score (nSPS) is 11.4. The zero-order chi connectivity index (χ0) is 10.4. The molecule has 0 aromatic carbocycles. The Bertz CT molecular complexity index is 352. The summed E-state index contributed by atoms with van der Waals surface area (Å²) in [6.45, 7) is 1.75. The van der Waals surface area contributed by atoms with E-state index in [4.69, 9.17) is 4.74 Å². The van der Waals surface area contributed by atoms with Gasteiger partial charge in [0.2, 0.25) is 0 Å². The Morgan fingerprint density at radius 1 is 1.64 bits per heavy atom. The van der Waals surface area contributed by atoms with Crippen molar-refractivity contribution in [3.05, 3.63) is 24.0 Å². The van der Waals surface area contributed by atoms with Crippen LogP contribution in [0.1, 0.15) is 25.0 Å². The second-order valence-electron chi connectivity index (χ2n) is 2.76. The molecular formula is C11H13NO2. The molecule has 0 aliphatic carbocycles. The third-order valence-corrected chi connectivity index (χ3v) is 1.87. The molecule has 1 aromatic rings. The predicted octanol–water partition coefficient (Wildman–Crippen LogP) is 1.54. The van der Waals surface area contributed by atoms with Crippen molar-refractivity contribution in [1.29, 1.82) is 0 Å². The first-order valence-electron chi connectivity index (χ1n) is 4.35. The first-order valence-corrected chi connectivity index (χ1v) is 4.35. The maximum Gasteiger partial charge on any atom is 0.142 e. The minimum Gasteiger partial charge on any atom is -0.495 e. The summed E-state index contributed by atoms with van der Waals surface area (Å²) in [6.07, 6.45) is 3.01. The molecule has 0 amide bonds. The molecule has 0 saturated heterocycles. The van der Waals surface area contributed by atoms with Gasteiger partial charge in [0.05, 0.1) is 19.4 Å². The number of aliphatic hydroxyl groups excluding tert-OH is 1. The van der Waals surface area contributed by atoms with Gasteiger partial charge in [0.15, 0.2) is 0 Å². The number of nitrogens with zero attached hydrogens (tertiary/aromatic N) is 1. The highest BCUT2D eigenvalue weighted by Gasteiger charge is 2.11. The molecule has 0 spiro atoms. The Morgan fingerprint density at radius 2 is 2.43 bits per heavy atom. The zero-order valence-corrected chi connectivity index (χ0v) is 8.32. The molecule has 0 aliphatic rings. The van der Waals surface area contributed by atoms with E-state index in [1.54, 1.807) is 32.5 Å². The van der Waals surface area contributed by atoms with Gasteiger partial charge >= 0.3 is 0 Å². The van der Waals surface area contributed by atoms with Crippen LogP contribution in [0.2, 0.25) is 0 Å². The number of methoxy groups -OCH3 is 1. The van der Waals surface area contributed by atoms with Crippen LogP contribution in [0.3, 0.4) is 0 Å². The molecule has 0 aliphatic heterocycles. The van der Waals surface area contributed by atoms with Gasteiger partial charge in [-0.3, -0.25) is 4.98 Å². The van der Waals surface area contributed by atoms with Gasteiger partial charge in [-0.05, 0) is 13.0 Å². The van der Waals surface area contributed by atoms with E-state index in [0.29, 0.717) is 12.2 Å². The summed E-state index contributed by atoms with van der Waals surface area (Å²) in [5, 5.41) is 9.75. The summed E-state index contributed by atoms with van der Waals surface area (Å²) in [5.74, 6) is 6.16. The lowest BCUT2D eigenvalue weighted by molar-refractivity contribution is 0.179.